The van der Waals surface area contributed by atoms with Crippen LogP contribution < -0.4 is 5.32 Å². The predicted octanol–water partition coefficient (Wildman–Crippen LogP) is 3.31. The largest absolute Gasteiger partial charge is 0.467 e. The number of hydrogen-bond acceptors (Lipinski definition) is 5. The third-order valence-electron chi connectivity index (χ3n) is 3.42. The van der Waals surface area contributed by atoms with Gasteiger partial charge in [0.1, 0.15) is 27.6 Å². The molecule has 2 aromatic heterocycles. The average molecular weight is 346 g/mol. The quantitative estimate of drug-likeness (QED) is 0.743. The molecule has 0 saturated carbocycles. The molecule has 1 aromatic carbocycles. The number of amides is 1. The van der Waals surface area contributed by atoms with Crippen LogP contribution in [0.4, 0.5) is 4.39 Å². The number of thiazole rings is 1. The van der Waals surface area contributed by atoms with E-state index in [1.807, 2.05) is 0 Å². The van der Waals surface area contributed by atoms with Gasteiger partial charge in [-0.25, -0.2) is 9.37 Å². The zero-order valence-corrected chi connectivity index (χ0v) is 13.6. The van der Waals surface area contributed by atoms with Crippen LogP contribution in [-0.2, 0) is 0 Å². The Morgan fingerprint density at radius 1 is 1.38 bits per heavy atom. The number of aliphatic hydroxyl groups is 1. The molecule has 0 spiro atoms. The van der Waals surface area contributed by atoms with Crippen LogP contribution in [0.15, 0.2) is 47.1 Å². The molecule has 1 amide bonds. The molecule has 0 aliphatic rings. The van der Waals surface area contributed by atoms with E-state index in [2.05, 4.69) is 10.3 Å². The second-order valence-corrected chi connectivity index (χ2v) is 6.18. The highest BCUT2D eigenvalue weighted by molar-refractivity contribution is 7.17. The summed E-state index contributed by atoms with van der Waals surface area (Å²) in [6, 6.07) is 9.26. The Morgan fingerprint density at radius 3 is 2.79 bits per heavy atom. The van der Waals surface area contributed by atoms with Gasteiger partial charge in [-0.3, -0.25) is 4.79 Å². The van der Waals surface area contributed by atoms with Crippen molar-refractivity contribution in [2.45, 2.75) is 13.0 Å². The first-order valence-electron chi connectivity index (χ1n) is 7.27. The molecule has 124 valence electrons. The van der Waals surface area contributed by atoms with Crippen LogP contribution in [0, 0.1) is 12.7 Å². The SMILES string of the molecule is Cc1nc(-c2ccc(F)cc2)sc1C(=O)NCC(O)c1ccco1. The number of halogens is 1. The third kappa shape index (κ3) is 3.52. The predicted molar refractivity (Wildman–Crippen MR) is 88.2 cm³/mol. The van der Waals surface area contributed by atoms with E-state index in [0.29, 0.717) is 21.3 Å². The van der Waals surface area contributed by atoms with Gasteiger partial charge in [0.15, 0.2) is 0 Å². The first-order valence-corrected chi connectivity index (χ1v) is 8.09. The molecule has 3 aromatic rings. The Labute approximate surface area is 141 Å². The van der Waals surface area contributed by atoms with Gasteiger partial charge >= 0.3 is 0 Å². The molecule has 24 heavy (non-hydrogen) atoms. The van der Waals surface area contributed by atoms with Gasteiger partial charge in [0.05, 0.1) is 18.5 Å². The molecular weight excluding hydrogens is 331 g/mol. The minimum atomic E-state index is -0.909. The van der Waals surface area contributed by atoms with Gasteiger partial charge in [-0.05, 0) is 43.3 Å². The summed E-state index contributed by atoms with van der Waals surface area (Å²) in [6.07, 6.45) is 0.552. The maximum absolute atomic E-state index is 13.0. The van der Waals surface area contributed by atoms with Gasteiger partial charge in [-0.1, -0.05) is 0 Å². The number of furan rings is 1. The lowest BCUT2D eigenvalue weighted by Gasteiger charge is -2.08. The van der Waals surface area contributed by atoms with E-state index in [4.69, 9.17) is 4.42 Å². The smallest absolute Gasteiger partial charge is 0.263 e. The highest BCUT2D eigenvalue weighted by Gasteiger charge is 2.18. The molecular formula is C17H15FN2O3S. The van der Waals surface area contributed by atoms with E-state index in [0.717, 1.165) is 5.56 Å². The molecule has 0 saturated heterocycles. The maximum atomic E-state index is 13.0. The fourth-order valence-electron chi connectivity index (χ4n) is 2.17. The van der Waals surface area contributed by atoms with Crippen molar-refractivity contribution in [2.75, 3.05) is 6.54 Å². The zero-order valence-electron chi connectivity index (χ0n) is 12.8. The lowest BCUT2D eigenvalue weighted by atomic mass is 10.2. The molecule has 1 unspecified atom stereocenters. The molecule has 0 fully saturated rings. The van der Waals surface area contributed by atoms with Crippen molar-refractivity contribution in [1.82, 2.24) is 10.3 Å². The van der Waals surface area contributed by atoms with E-state index in [1.165, 1.54) is 29.7 Å². The monoisotopic (exact) mass is 346 g/mol. The van der Waals surface area contributed by atoms with E-state index >= 15 is 0 Å². The minimum Gasteiger partial charge on any atom is -0.467 e. The van der Waals surface area contributed by atoms with Gasteiger partial charge in [-0.2, -0.15) is 0 Å². The molecule has 2 N–H and O–H groups in total. The van der Waals surface area contributed by atoms with E-state index < -0.39 is 6.10 Å². The fourth-order valence-corrected chi connectivity index (χ4v) is 3.16. The molecule has 0 radical (unpaired) electrons. The van der Waals surface area contributed by atoms with Crippen molar-refractivity contribution in [3.05, 3.63) is 64.8 Å². The van der Waals surface area contributed by atoms with Crippen LogP contribution in [0.25, 0.3) is 10.6 Å². The van der Waals surface area contributed by atoms with Gasteiger partial charge < -0.3 is 14.8 Å². The number of carbonyl (C=O) groups excluding carboxylic acids is 1. The lowest BCUT2D eigenvalue weighted by Crippen LogP contribution is -2.28. The standard InChI is InChI=1S/C17H15FN2O3S/c1-10-15(16(22)19-9-13(21)14-3-2-8-23-14)24-17(20-10)11-4-6-12(18)7-5-11/h2-8,13,21H,9H2,1H3,(H,19,22). The molecule has 5 nitrogen and oxygen atoms in total. The Bertz CT molecular complexity index is 828. The summed E-state index contributed by atoms with van der Waals surface area (Å²) in [5, 5.41) is 13.2. The zero-order chi connectivity index (χ0) is 17.1. The highest BCUT2D eigenvalue weighted by atomic mass is 32.1. The summed E-state index contributed by atoms with van der Waals surface area (Å²) in [6.45, 7) is 1.77. The van der Waals surface area contributed by atoms with Crippen molar-refractivity contribution in [3.8, 4) is 10.6 Å². The summed E-state index contributed by atoms with van der Waals surface area (Å²) in [5.74, 6) is -0.246. The van der Waals surface area contributed by atoms with Crippen LogP contribution in [0.1, 0.15) is 27.2 Å². The number of aliphatic hydroxyl groups excluding tert-OH is 1. The number of carbonyl (C=O) groups is 1. The van der Waals surface area contributed by atoms with E-state index in [9.17, 15) is 14.3 Å². The van der Waals surface area contributed by atoms with Crippen molar-refractivity contribution >= 4 is 17.2 Å². The molecule has 7 heteroatoms. The molecule has 1 atom stereocenters. The summed E-state index contributed by atoms with van der Waals surface area (Å²) in [5.41, 5.74) is 1.34. The van der Waals surface area contributed by atoms with Crippen molar-refractivity contribution < 1.29 is 18.7 Å². The lowest BCUT2D eigenvalue weighted by molar-refractivity contribution is 0.0904. The number of rotatable bonds is 5. The number of nitrogens with zero attached hydrogens (tertiary/aromatic N) is 1. The van der Waals surface area contributed by atoms with Crippen molar-refractivity contribution in [2.24, 2.45) is 0 Å². The first-order chi connectivity index (χ1) is 11.5. The fraction of sp³-hybridized carbons (Fsp3) is 0.176. The number of hydrogen-bond donors (Lipinski definition) is 2. The van der Waals surface area contributed by atoms with E-state index in [1.54, 1.807) is 31.2 Å². The van der Waals surface area contributed by atoms with Crippen molar-refractivity contribution in [1.29, 1.82) is 0 Å². The highest BCUT2D eigenvalue weighted by Crippen LogP contribution is 2.28. The van der Waals surface area contributed by atoms with Gasteiger partial charge in [0.25, 0.3) is 5.91 Å². The third-order valence-corrected chi connectivity index (χ3v) is 4.63. The van der Waals surface area contributed by atoms with Gasteiger partial charge in [-0.15, -0.1) is 11.3 Å². The second kappa shape index (κ2) is 6.94. The summed E-state index contributed by atoms with van der Waals surface area (Å²) in [7, 11) is 0. The number of aryl methyl sites for hydroxylation is 1. The summed E-state index contributed by atoms with van der Waals surface area (Å²) < 4.78 is 18.1. The molecule has 0 bridgehead atoms. The number of benzene rings is 1. The molecule has 2 heterocycles. The van der Waals surface area contributed by atoms with Crippen LogP contribution in [0.2, 0.25) is 0 Å². The second-order valence-electron chi connectivity index (χ2n) is 5.18. The van der Waals surface area contributed by atoms with Crippen LogP contribution in [0.5, 0.6) is 0 Å². The van der Waals surface area contributed by atoms with Crippen LogP contribution in [-0.4, -0.2) is 22.5 Å². The molecule has 3 rings (SSSR count). The Kier molecular flexibility index (Phi) is 4.73. The minimum absolute atomic E-state index is 0.0373. The maximum Gasteiger partial charge on any atom is 0.263 e. The van der Waals surface area contributed by atoms with E-state index in [-0.39, 0.29) is 18.3 Å². The summed E-state index contributed by atoms with van der Waals surface area (Å²) >= 11 is 1.23. The van der Waals surface area contributed by atoms with Crippen LogP contribution in [0.3, 0.4) is 0 Å². The molecule has 0 aliphatic carbocycles. The van der Waals surface area contributed by atoms with Gasteiger partial charge in [0.2, 0.25) is 0 Å². The summed E-state index contributed by atoms with van der Waals surface area (Å²) in [4.78, 5) is 17.1. The number of nitrogens with one attached hydrogen (secondary N) is 1. The Hall–Kier alpha value is -2.51. The Balaban J connectivity index is 1.70. The normalized spacial score (nSPS) is 12.1. The van der Waals surface area contributed by atoms with Gasteiger partial charge in [0, 0.05) is 5.56 Å². The average Bonchev–Trinajstić information content (AvgIpc) is 3.23. The van der Waals surface area contributed by atoms with Crippen molar-refractivity contribution in [3.63, 3.8) is 0 Å². The van der Waals surface area contributed by atoms with Crippen LogP contribution >= 0.6 is 11.3 Å². The number of aromatic nitrogens is 1. The first kappa shape index (κ1) is 16.4. The molecule has 0 aliphatic heterocycles. The topological polar surface area (TPSA) is 75.4 Å². The Morgan fingerprint density at radius 2 is 2.12 bits per heavy atom.